The van der Waals surface area contributed by atoms with Gasteiger partial charge < -0.3 is 10.1 Å². The second-order valence-corrected chi connectivity index (χ2v) is 4.42. The Morgan fingerprint density at radius 2 is 1.95 bits per heavy atom. The molecule has 0 saturated carbocycles. The van der Waals surface area contributed by atoms with Crippen LogP contribution in [-0.2, 0) is 0 Å². The van der Waals surface area contributed by atoms with E-state index in [0.29, 0.717) is 23.9 Å². The number of nitrogens with zero attached hydrogens (tertiary/aromatic N) is 1. The number of benzene rings is 2. The van der Waals surface area contributed by atoms with Crippen LogP contribution in [0.25, 0.3) is 0 Å². The molecule has 0 aliphatic carbocycles. The lowest BCUT2D eigenvalue weighted by Gasteiger charge is -2.09. The van der Waals surface area contributed by atoms with E-state index in [4.69, 9.17) is 16.3 Å². The van der Waals surface area contributed by atoms with Gasteiger partial charge in [-0.25, -0.2) is 0 Å². The van der Waals surface area contributed by atoms with Crippen molar-refractivity contribution in [2.24, 2.45) is 0 Å². The number of para-hydroxylation sites is 1. The Morgan fingerprint density at radius 1 is 1.20 bits per heavy atom. The summed E-state index contributed by atoms with van der Waals surface area (Å²) < 4.78 is 5.52. The molecule has 0 fully saturated rings. The molecule has 0 bridgehead atoms. The van der Waals surface area contributed by atoms with Crippen molar-refractivity contribution >= 4 is 23.0 Å². The zero-order valence-corrected chi connectivity index (χ0v) is 11.3. The predicted octanol–water partition coefficient (Wildman–Crippen LogP) is 3.74. The van der Waals surface area contributed by atoms with Gasteiger partial charge in [0.25, 0.3) is 5.69 Å². The van der Waals surface area contributed by atoms with Crippen LogP contribution in [0.3, 0.4) is 0 Å². The van der Waals surface area contributed by atoms with Gasteiger partial charge in [0.05, 0.1) is 15.6 Å². The Morgan fingerprint density at radius 3 is 2.60 bits per heavy atom. The molecular formula is C14H13ClN2O3. The third-order valence-electron chi connectivity index (χ3n) is 2.59. The van der Waals surface area contributed by atoms with Crippen LogP contribution in [0.1, 0.15) is 0 Å². The van der Waals surface area contributed by atoms with Gasteiger partial charge in [0.1, 0.15) is 12.4 Å². The molecule has 0 heterocycles. The van der Waals surface area contributed by atoms with E-state index < -0.39 is 4.92 Å². The molecule has 0 radical (unpaired) electrons. The molecule has 2 rings (SSSR count). The van der Waals surface area contributed by atoms with Crippen LogP contribution in [0.15, 0.2) is 48.5 Å². The second-order valence-electron chi connectivity index (χ2n) is 4.01. The Kier molecular flexibility index (Phi) is 4.79. The van der Waals surface area contributed by atoms with E-state index in [1.165, 1.54) is 12.1 Å². The first-order chi connectivity index (χ1) is 9.66. The quantitative estimate of drug-likeness (QED) is 0.500. The smallest absolute Gasteiger partial charge is 0.271 e. The molecule has 0 aliphatic heterocycles. The van der Waals surface area contributed by atoms with Gasteiger partial charge in [0, 0.05) is 18.7 Å². The SMILES string of the molecule is O=[N+]([O-])c1ccc(NCCOc2ccccc2)c(Cl)c1. The Balaban J connectivity index is 1.84. The molecule has 0 spiro atoms. The highest BCUT2D eigenvalue weighted by Crippen LogP contribution is 2.26. The summed E-state index contributed by atoms with van der Waals surface area (Å²) in [7, 11) is 0. The predicted molar refractivity (Wildman–Crippen MR) is 78.5 cm³/mol. The van der Waals surface area contributed by atoms with Crippen LogP contribution in [0, 0.1) is 10.1 Å². The van der Waals surface area contributed by atoms with Crippen molar-refractivity contribution in [2.45, 2.75) is 0 Å². The standard InChI is InChI=1S/C14H13ClN2O3/c15-13-10-11(17(18)19)6-7-14(13)16-8-9-20-12-4-2-1-3-5-12/h1-7,10,16H,8-9H2. The summed E-state index contributed by atoms with van der Waals surface area (Å²) in [4.78, 5) is 10.1. The molecule has 104 valence electrons. The average Bonchev–Trinajstić information content (AvgIpc) is 2.46. The third-order valence-corrected chi connectivity index (χ3v) is 2.91. The molecule has 0 aliphatic rings. The van der Waals surface area contributed by atoms with Crippen LogP contribution in [0.2, 0.25) is 5.02 Å². The number of rotatable bonds is 6. The average molecular weight is 293 g/mol. The fourth-order valence-electron chi connectivity index (χ4n) is 1.63. The molecule has 1 N–H and O–H groups in total. The number of anilines is 1. The zero-order chi connectivity index (χ0) is 14.4. The summed E-state index contributed by atoms with van der Waals surface area (Å²) in [5, 5.41) is 14.0. The van der Waals surface area contributed by atoms with Gasteiger partial charge in [-0.3, -0.25) is 10.1 Å². The highest BCUT2D eigenvalue weighted by atomic mass is 35.5. The number of nitro groups is 1. The van der Waals surface area contributed by atoms with E-state index in [9.17, 15) is 10.1 Å². The van der Waals surface area contributed by atoms with E-state index in [0.717, 1.165) is 5.75 Å². The molecule has 5 nitrogen and oxygen atoms in total. The first-order valence-electron chi connectivity index (χ1n) is 6.02. The van der Waals surface area contributed by atoms with Crippen molar-refractivity contribution in [1.29, 1.82) is 0 Å². The molecule has 0 amide bonds. The largest absolute Gasteiger partial charge is 0.492 e. The number of ether oxygens (including phenoxy) is 1. The van der Waals surface area contributed by atoms with Crippen LogP contribution in [0.5, 0.6) is 5.75 Å². The van der Waals surface area contributed by atoms with Crippen molar-refractivity contribution in [1.82, 2.24) is 0 Å². The highest BCUT2D eigenvalue weighted by molar-refractivity contribution is 6.33. The van der Waals surface area contributed by atoms with Crippen LogP contribution >= 0.6 is 11.6 Å². The van der Waals surface area contributed by atoms with Gasteiger partial charge in [-0.2, -0.15) is 0 Å². The first-order valence-corrected chi connectivity index (χ1v) is 6.40. The van der Waals surface area contributed by atoms with E-state index in [1.807, 2.05) is 30.3 Å². The summed E-state index contributed by atoms with van der Waals surface area (Å²) >= 11 is 5.96. The van der Waals surface area contributed by atoms with Crippen molar-refractivity contribution in [3.8, 4) is 5.75 Å². The van der Waals surface area contributed by atoms with Crippen LogP contribution in [0.4, 0.5) is 11.4 Å². The normalized spacial score (nSPS) is 10.1. The van der Waals surface area contributed by atoms with Crippen molar-refractivity contribution in [3.63, 3.8) is 0 Å². The van der Waals surface area contributed by atoms with Crippen molar-refractivity contribution < 1.29 is 9.66 Å². The van der Waals surface area contributed by atoms with Crippen LogP contribution < -0.4 is 10.1 Å². The van der Waals surface area contributed by atoms with Crippen LogP contribution in [-0.4, -0.2) is 18.1 Å². The van der Waals surface area contributed by atoms with Gasteiger partial charge in [0.15, 0.2) is 0 Å². The van der Waals surface area contributed by atoms with Crippen molar-refractivity contribution in [2.75, 3.05) is 18.5 Å². The van der Waals surface area contributed by atoms with Gasteiger partial charge in [-0.05, 0) is 18.2 Å². The molecule has 0 saturated heterocycles. The summed E-state index contributed by atoms with van der Waals surface area (Å²) in [6, 6.07) is 13.8. The maximum atomic E-state index is 10.6. The minimum Gasteiger partial charge on any atom is -0.492 e. The maximum Gasteiger partial charge on any atom is 0.271 e. The monoisotopic (exact) mass is 292 g/mol. The summed E-state index contributed by atoms with van der Waals surface area (Å²) in [6.07, 6.45) is 0. The maximum absolute atomic E-state index is 10.6. The Labute approximate surface area is 121 Å². The number of nitro benzene ring substituents is 1. The molecular weight excluding hydrogens is 280 g/mol. The van der Waals surface area contributed by atoms with Gasteiger partial charge in [-0.15, -0.1) is 0 Å². The third kappa shape index (κ3) is 3.86. The first kappa shape index (κ1) is 14.1. The fraction of sp³-hybridized carbons (Fsp3) is 0.143. The van der Waals surface area contributed by atoms with Gasteiger partial charge >= 0.3 is 0 Å². The highest BCUT2D eigenvalue weighted by Gasteiger charge is 2.08. The van der Waals surface area contributed by atoms with Gasteiger partial charge in [-0.1, -0.05) is 29.8 Å². The van der Waals surface area contributed by atoms with E-state index in [1.54, 1.807) is 6.07 Å². The van der Waals surface area contributed by atoms with Crippen molar-refractivity contribution in [3.05, 3.63) is 63.7 Å². The van der Waals surface area contributed by atoms with E-state index >= 15 is 0 Å². The number of halogens is 1. The Bertz CT molecular complexity index is 590. The minimum absolute atomic E-state index is 0.0268. The number of hydrogen-bond acceptors (Lipinski definition) is 4. The molecule has 2 aromatic rings. The minimum atomic E-state index is -0.478. The molecule has 0 aromatic heterocycles. The molecule has 6 heteroatoms. The second kappa shape index (κ2) is 6.77. The summed E-state index contributed by atoms with van der Waals surface area (Å²) in [6.45, 7) is 1.02. The number of hydrogen-bond donors (Lipinski definition) is 1. The lowest BCUT2D eigenvalue weighted by atomic mass is 10.3. The zero-order valence-electron chi connectivity index (χ0n) is 10.6. The Hall–Kier alpha value is -2.27. The molecule has 0 atom stereocenters. The fourth-order valence-corrected chi connectivity index (χ4v) is 1.87. The topological polar surface area (TPSA) is 64.4 Å². The number of nitrogens with one attached hydrogen (secondary N) is 1. The van der Waals surface area contributed by atoms with E-state index in [2.05, 4.69) is 5.32 Å². The molecule has 20 heavy (non-hydrogen) atoms. The lowest BCUT2D eigenvalue weighted by Crippen LogP contribution is -2.11. The summed E-state index contributed by atoms with van der Waals surface area (Å²) in [5.41, 5.74) is 0.620. The van der Waals surface area contributed by atoms with E-state index in [-0.39, 0.29) is 5.69 Å². The lowest BCUT2D eigenvalue weighted by molar-refractivity contribution is -0.384. The number of non-ortho nitro benzene ring substituents is 1. The van der Waals surface area contributed by atoms with Gasteiger partial charge in [0.2, 0.25) is 0 Å². The molecule has 0 unspecified atom stereocenters. The summed E-state index contributed by atoms with van der Waals surface area (Å²) in [5.74, 6) is 0.795. The molecule has 2 aromatic carbocycles.